The van der Waals surface area contributed by atoms with Crippen molar-refractivity contribution >= 4 is 22.7 Å². The van der Waals surface area contributed by atoms with Crippen molar-refractivity contribution in [2.75, 3.05) is 5.32 Å². The first-order valence-corrected chi connectivity index (χ1v) is 9.90. The molecule has 1 aromatic carbocycles. The van der Waals surface area contributed by atoms with Crippen LogP contribution in [0.2, 0.25) is 0 Å². The van der Waals surface area contributed by atoms with Gasteiger partial charge in [0, 0.05) is 17.3 Å². The molecule has 0 bridgehead atoms. The van der Waals surface area contributed by atoms with Crippen LogP contribution < -0.4 is 5.32 Å². The second kappa shape index (κ2) is 6.73. The van der Waals surface area contributed by atoms with Crippen molar-refractivity contribution in [3.8, 4) is 0 Å². The Morgan fingerprint density at radius 1 is 1.21 bits per heavy atom. The lowest BCUT2D eigenvalue weighted by atomic mass is 9.89. The predicted molar refractivity (Wildman–Crippen MR) is 111 cm³/mol. The first-order chi connectivity index (χ1) is 13.2. The van der Waals surface area contributed by atoms with E-state index in [1.807, 2.05) is 38.1 Å². The summed E-state index contributed by atoms with van der Waals surface area (Å²) < 4.78 is 5.56. The third kappa shape index (κ3) is 3.66. The Morgan fingerprint density at radius 3 is 2.50 bits per heavy atom. The molecule has 2 aromatic heterocycles. The largest absolute Gasteiger partial charge is 0.336 e. The molecule has 4 rings (SSSR count). The van der Waals surface area contributed by atoms with E-state index in [4.69, 9.17) is 4.52 Å². The summed E-state index contributed by atoms with van der Waals surface area (Å²) in [6.45, 7) is 10.5. The van der Waals surface area contributed by atoms with Crippen molar-refractivity contribution < 1.29 is 9.32 Å². The lowest BCUT2D eigenvalue weighted by Crippen LogP contribution is -2.16. The maximum Gasteiger partial charge on any atom is 0.259 e. The summed E-state index contributed by atoms with van der Waals surface area (Å²) in [6, 6.07) is 7.94. The molecule has 0 saturated heterocycles. The van der Waals surface area contributed by atoms with Crippen molar-refractivity contribution in [3.63, 3.8) is 0 Å². The standard InChI is InChI=1S/C23H27N3O2/c1-13-7-6-8-14(2)20(13)25-21(27)16-11-17(15-9-10-15)24-22-19(16)18(26-28-22)12-23(3,4)5/h6-8,11,15H,9-10,12H2,1-5H3,(H,25,27). The molecule has 5 nitrogen and oxygen atoms in total. The van der Waals surface area contributed by atoms with Gasteiger partial charge in [-0.25, -0.2) is 4.98 Å². The minimum Gasteiger partial charge on any atom is -0.336 e. The molecule has 1 amide bonds. The van der Waals surface area contributed by atoms with E-state index in [-0.39, 0.29) is 11.3 Å². The predicted octanol–water partition coefficient (Wildman–Crippen LogP) is 5.56. The molecule has 0 aliphatic heterocycles. The van der Waals surface area contributed by atoms with Crippen LogP contribution in [0.25, 0.3) is 11.1 Å². The first kappa shape index (κ1) is 18.7. The quantitative estimate of drug-likeness (QED) is 0.646. The second-order valence-corrected chi connectivity index (χ2v) is 9.14. The zero-order valence-electron chi connectivity index (χ0n) is 17.2. The van der Waals surface area contributed by atoms with Gasteiger partial charge in [-0.05, 0) is 55.7 Å². The van der Waals surface area contributed by atoms with E-state index < -0.39 is 0 Å². The Labute approximate surface area is 165 Å². The molecule has 2 heterocycles. The van der Waals surface area contributed by atoms with Crippen LogP contribution in [-0.2, 0) is 6.42 Å². The molecule has 5 heteroatoms. The number of para-hydroxylation sites is 1. The summed E-state index contributed by atoms with van der Waals surface area (Å²) in [7, 11) is 0. The van der Waals surface area contributed by atoms with Crippen LogP contribution in [-0.4, -0.2) is 16.0 Å². The fourth-order valence-corrected chi connectivity index (χ4v) is 3.61. The Hall–Kier alpha value is -2.69. The summed E-state index contributed by atoms with van der Waals surface area (Å²) in [6.07, 6.45) is 2.94. The van der Waals surface area contributed by atoms with Crippen LogP contribution in [0.4, 0.5) is 5.69 Å². The summed E-state index contributed by atoms with van der Waals surface area (Å²) in [4.78, 5) is 18.0. The maximum absolute atomic E-state index is 13.3. The van der Waals surface area contributed by atoms with Crippen LogP contribution >= 0.6 is 0 Å². The topological polar surface area (TPSA) is 68.0 Å². The zero-order chi connectivity index (χ0) is 20.1. The summed E-state index contributed by atoms with van der Waals surface area (Å²) in [5.74, 6) is 0.289. The molecule has 1 N–H and O–H groups in total. The number of carbonyl (C=O) groups excluding carboxylic acids is 1. The molecule has 3 aromatic rings. The molecule has 0 atom stereocenters. The third-order valence-corrected chi connectivity index (χ3v) is 5.19. The number of nitrogens with one attached hydrogen (secondary N) is 1. The highest BCUT2D eigenvalue weighted by atomic mass is 16.5. The molecule has 0 radical (unpaired) electrons. The van der Waals surface area contributed by atoms with E-state index in [9.17, 15) is 4.79 Å². The van der Waals surface area contributed by atoms with E-state index in [2.05, 4.69) is 36.2 Å². The molecule has 28 heavy (non-hydrogen) atoms. The number of hydrogen-bond donors (Lipinski definition) is 1. The van der Waals surface area contributed by atoms with E-state index in [1.54, 1.807) is 0 Å². The van der Waals surface area contributed by atoms with Gasteiger partial charge in [0.1, 0.15) is 0 Å². The number of fused-ring (bicyclic) bond motifs is 1. The second-order valence-electron chi connectivity index (χ2n) is 9.14. The molecule has 1 aliphatic rings. The summed E-state index contributed by atoms with van der Waals surface area (Å²) in [5, 5.41) is 8.13. The van der Waals surface area contributed by atoms with E-state index in [1.165, 1.54) is 0 Å². The van der Waals surface area contributed by atoms with E-state index in [0.717, 1.165) is 46.4 Å². The number of benzene rings is 1. The SMILES string of the molecule is Cc1cccc(C)c1NC(=O)c1cc(C2CC2)nc2onc(CC(C)(C)C)c12. The van der Waals surface area contributed by atoms with E-state index in [0.29, 0.717) is 23.6 Å². The fourth-order valence-electron chi connectivity index (χ4n) is 3.61. The third-order valence-electron chi connectivity index (χ3n) is 5.19. The van der Waals surface area contributed by atoms with Gasteiger partial charge >= 0.3 is 0 Å². The van der Waals surface area contributed by atoms with Crippen LogP contribution in [0.5, 0.6) is 0 Å². The van der Waals surface area contributed by atoms with Gasteiger partial charge in [0.25, 0.3) is 11.6 Å². The Kier molecular flexibility index (Phi) is 4.48. The zero-order valence-corrected chi connectivity index (χ0v) is 17.2. The number of aromatic nitrogens is 2. The molecule has 0 unspecified atom stereocenters. The van der Waals surface area contributed by atoms with Gasteiger partial charge < -0.3 is 9.84 Å². The number of rotatable bonds is 4. The lowest BCUT2D eigenvalue weighted by molar-refractivity contribution is 0.102. The van der Waals surface area contributed by atoms with Crippen molar-refractivity contribution in [1.29, 1.82) is 0 Å². The Morgan fingerprint density at radius 2 is 1.89 bits per heavy atom. The van der Waals surface area contributed by atoms with Crippen molar-refractivity contribution in [1.82, 2.24) is 10.1 Å². The number of nitrogens with zero attached hydrogens (tertiary/aromatic N) is 2. The number of aryl methyl sites for hydroxylation is 2. The highest BCUT2D eigenvalue weighted by Crippen LogP contribution is 2.41. The average Bonchev–Trinajstić information content (AvgIpc) is 3.39. The van der Waals surface area contributed by atoms with Crippen molar-refractivity contribution in [3.05, 3.63) is 52.3 Å². The monoisotopic (exact) mass is 377 g/mol. The van der Waals surface area contributed by atoms with Crippen molar-refractivity contribution in [2.24, 2.45) is 5.41 Å². The van der Waals surface area contributed by atoms with Gasteiger partial charge in [-0.2, -0.15) is 0 Å². The smallest absolute Gasteiger partial charge is 0.259 e. The summed E-state index contributed by atoms with van der Waals surface area (Å²) >= 11 is 0. The minimum absolute atomic E-state index is 0.0271. The summed E-state index contributed by atoms with van der Waals surface area (Å²) in [5.41, 5.74) is 5.77. The lowest BCUT2D eigenvalue weighted by Gasteiger charge is -2.17. The van der Waals surface area contributed by atoms with Gasteiger partial charge in [-0.1, -0.05) is 44.1 Å². The minimum atomic E-state index is -0.134. The number of hydrogen-bond acceptors (Lipinski definition) is 4. The van der Waals surface area contributed by atoms with E-state index >= 15 is 0 Å². The van der Waals surface area contributed by atoms with Gasteiger partial charge in [0.15, 0.2) is 0 Å². The molecular formula is C23H27N3O2. The van der Waals surface area contributed by atoms with Gasteiger partial charge in [-0.15, -0.1) is 0 Å². The number of amides is 1. The van der Waals surface area contributed by atoms with Gasteiger partial charge in [-0.3, -0.25) is 4.79 Å². The van der Waals surface area contributed by atoms with Crippen molar-refractivity contribution in [2.45, 2.75) is 59.8 Å². The van der Waals surface area contributed by atoms with Crippen LogP contribution in [0, 0.1) is 19.3 Å². The maximum atomic E-state index is 13.3. The fraction of sp³-hybridized carbons (Fsp3) is 0.435. The molecule has 1 aliphatic carbocycles. The van der Waals surface area contributed by atoms with Gasteiger partial charge in [0.2, 0.25) is 0 Å². The van der Waals surface area contributed by atoms with Crippen LogP contribution in [0.3, 0.4) is 0 Å². The Bertz CT molecular complexity index is 1040. The highest BCUT2D eigenvalue weighted by molar-refractivity contribution is 6.12. The normalized spacial score (nSPS) is 14.5. The number of pyridine rings is 1. The Balaban J connectivity index is 1.81. The first-order valence-electron chi connectivity index (χ1n) is 9.90. The number of carbonyl (C=O) groups is 1. The van der Waals surface area contributed by atoms with Gasteiger partial charge in [0.05, 0.1) is 16.6 Å². The molecule has 0 spiro atoms. The molecule has 1 fully saturated rings. The highest BCUT2D eigenvalue weighted by Gasteiger charge is 2.30. The molecule has 146 valence electrons. The van der Waals surface area contributed by atoms with Crippen LogP contribution in [0.1, 0.15) is 72.4 Å². The van der Waals surface area contributed by atoms with Crippen LogP contribution in [0.15, 0.2) is 28.8 Å². The number of anilines is 1. The molecular weight excluding hydrogens is 350 g/mol. The average molecular weight is 377 g/mol. The molecule has 1 saturated carbocycles.